The summed E-state index contributed by atoms with van der Waals surface area (Å²) in [6.45, 7) is 12.3. The number of anilines is 4. The number of fused-ring (bicyclic) bond motifs is 4. The number of hydrogen-bond acceptors (Lipinski definition) is 14. The summed E-state index contributed by atoms with van der Waals surface area (Å²) in [7, 11) is -0.468. The van der Waals surface area contributed by atoms with Gasteiger partial charge in [-0.1, -0.05) is 108 Å². The van der Waals surface area contributed by atoms with E-state index in [1.54, 1.807) is 12.4 Å². The molecule has 1 fully saturated rings. The Hall–Kier alpha value is -8.28. The van der Waals surface area contributed by atoms with Gasteiger partial charge in [0.05, 0.1) is 44.7 Å². The second-order valence-electron chi connectivity index (χ2n) is 18.4. The van der Waals surface area contributed by atoms with E-state index in [4.69, 9.17) is 29.6 Å². The van der Waals surface area contributed by atoms with Crippen molar-refractivity contribution in [2.24, 2.45) is 0 Å². The molecule has 0 saturated carbocycles. The Bertz CT molecular complexity index is 3670. The first-order valence-electron chi connectivity index (χ1n) is 23.2. The summed E-state index contributed by atoms with van der Waals surface area (Å²) in [5, 5.41) is 28.2. The van der Waals surface area contributed by atoms with E-state index in [0.29, 0.717) is 27.8 Å². The van der Waals surface area contributed by atoms with Crippen molar-refractivity contribution in [3.05, 3.63) is 173 Å². The van der Waals surface area contributed by atoms with E-state index >= 15 is 0 Å². The third-order valence-electron chi connectivity index (χ3n) is 13.0. The molecule has 2 unspecified atom stereocenters. The fourth-order valence-electron chi connectivity index (χ4n) is 8.31. The largest absolute Gasteiger partial charge is 0.494 e. The lowest BCUT2D eigenvalue weighted by atomic mass is 9.78. The number of hydrogen-bond donors (Lipinski definition) is 4. The molecule has 4 aromatic heterocycles. The van der Waals surface area contributed by atoms with E-state index < -0.39 is 18.3 Å². The van der Waals surface area contributed by atoms with Crippen molar-refractivity contribution >= 4 is 95.9 Å². The minimum Gasteiger partial charge on any atom is -0.424 e. The molecule has 6 aromatic carbocycles. The maximum atomic E-state index is 9.71. The highest BCUT2D eigenvalue weighted by Crippen LogP contribution is 2.38. The Morgan fingerprint density at radius 3 is 1.55 bits per heavy atom. The average molecular weight is 1030 g/mol. The molecule has 0 bridgehead atoms. The van der Waals surface area contributed by atoms with Crippen molar-refractivity contribution < 1.29 is 18.1 Å². The number of halogens is 1. The van der Waals surface area contributed by atoms with Gasteiger partial charge >= 0.3 is 7.12 Å². The molecule has 73 heavy (non-hydrogen) atoms. The molecule has 1 saturated heterocycles. The lowest BCUT2D eigenvalue weighted by molar-refractivity contribution is 0.00578. The van der Waals surface area contributed by atoms with E-state index in [2.05, 4.69) is 96.8 Å². The highest BCUT2D eigenvalue weighted by atomic mass is 79.9. The predicted molar refractivity (Wildman–Crippen MR) is 296 cm³/mol. The Morgan fingerprint density at radius 1 is 0.575 bits per heavy atom. The highest BCUT2D eigenvalue weighted by Gasteiger charge is 2.51. The van der Waals surface area contributed by atoms with Gasteiger partial charge in [0.25, 0.3) is 12.0 Å². The number of benzene rings is 6. The van der Waals surface area contributed by atoms with Crippen molar-refractivity contribution in [1.29, 1.82) is 10.5 Å². The van der Waals surface area contributed by atoms with Gasteiger partial charge < -0.3 is 40.2 Å². The number of nitrogens with one attached hydrogen (secondary N) is 2. The van der Waals surface area contributed by atoms with Crippen LogP contribution in [0.1, 0.15) is 83.3 Å². The van der Waals surface area contributed by atoms with Crippen molar-refractivity contribution in [3.63, 3.8) is 0 Å². The number of nitrogen functional groups attached to an aromatic ring is 2. The number of nitriles is 2. The lowest BCUT2D eigenvalue weighted by Gasteiger charge is -2.32. The minimum absolute atomic E-state index is 0. The quantitative estimate of drug-likeness (QED) is 0.104. The molecule has 14 nitrogen and oxygen atoms in total. The van der Waals surface area contributed by atoms with Crippen LogP contribution in [0.15, 0.2) is 159 Å². The topological polar surface area (TPSA) is 220 Å². The van der Waals surface area contributed by atoms with Crippen LogP contribution in [0.4, 0.5) is 23.4 Å². The van der Waals surface area contributed by atoms with Crippen LogP contribution in [0, 0.1) is 22.7 Å². The molecular weight excluding hydrogens is 979 g/mol. The molecule has 6 N–H and O–H groups in total. The summed E-state index contributed by atoms with van der Waals surface area (Å²) >= 11 is 3.32. The Morgan fingerprint density at radius 2 is 1.03 bits per heavy atom. The Labute approximate surface area is 432 Å². The first-order valence-corrected chi connectivity index (χ1v) is 24.0. The van der Waals surface area contributed by atoms with Gasteiger partial charge in [-0.15, -0.1) is 0 Å². The lowest BCUT2D eigenvalue weighted by Crippen LogP contribution is -2.41. The zero-order valence-electron chi connectivity index (χ0n) is 40.4. The minimum atomic E-state index is -0.468. The van der Waals surface area contributed by atoms with Gasteiger partial charge in [0.1, 0.15) is 23.2 Å². The monoisotopic (exact) mass is 1030 g/mol. The smallest absolute Gasteiger partial charge is 0.424 e. The normalized spacial score (nSPS) is 14.2. The van der Waals surface area contributed by atoms with Crippen LogP contribution in [0.2, 0.25) is 0 Å². The second kappa shape index (κ2) is 21.2. The number of pyridine rings is 2. The van der Waals surface area contributed by atoms with Crippen LogP contribution in [0.25, 0.3) is 55.1 Å². The first-order chi connectivity index (χ1) is 34.6. The molecule has 2 atom stereocenters. The predicted octanol–water partition coefficient (Wildman–Crippen LogP) is 13.1. The number of nitrogens with two attached hydrogens (primary N) is 2. The summed E-state index contributed by atoms with van der Waals surface area (Å²) < 4.78 is 23.8. The molecule has 0 radical (unpaired) electrons. The summed E-state index contributed by atoms with van der Waals surface area (Å²) in [5.74, 6) is 0. The van der Waals surface area contributed by atoms with Crippen molar-refractivity contribution in [2.75, 3.05) is 22.1 Å². The maximum Gasteiger partial charge on any atom is 0.494 e. The molecule has 1 aliphatic rings. The van der Waals surface area contributed by atoms with Crippen LogP contribution >= 0.6 is 15.9 Å². The SMILES string of the molecule is C.CC(Nc1c(C#N)cnc2ccc(-c3ccc4oc(N)nc4c3)cc12)c1ccccc1.CC(Nc1c(C#N)cnc2ccc(B3OC(C)(C)C(C)(C)O3)cc12)c1ccccc1.Nc1nc2cc(Br)ccc2o1. The van der Waals surface area contributed by atoms with Gasteiger partial charge in [0.15, 0.2) is 11.2 Å². The van der Waals surface area contributed by atoms with Crippen LogP contribution in [0.5, 0.6) is 0 Å². The van der Waals surface area contributed by atoms with E-state index in [1.807, 2.05) is 137 Å². The molecule has 5 heterocycles. The standard InChI is InChI=1S/C25H19N5O.C24H26BN3O2.C7H5BrN2O.CH4/c1-15(16-5-3-2-4-6-16)29-24-19(13-26)14-28-21-9-7-17(11-20(21)24)18-8-10-23-22(12-18)30-25(27)31-23;1-16(17-9-7-6-8-10-17)28-22-18(14-26)15-27-21-12-11-19(13-20(21)22)25-29-23(2,3)24(4,5)30-25;8-4-1-2-6-5(3-4)10-7(9)11-6;/h2-12,14-15H,1H3,(H2,27,30)(H,28,29);6-13,15-16H,1-5H3,(H,27,28);1-3H,(H2,9,10);1H4. The van der Waals surface area contributed by atoms with Crippen molar-refractivity contribution in [2.45, 2.75) is 72.3 Å². The van der Waals surface area contributed by atoms with Gasteiger partial charge in [0.2, 0.25) is 0 Å². The van der Waals surface area contributed by atoms with E-state index in [0.717, 1.165) is 70.9 Å². The molecule has 0 aliphatic carbocycles. The molecule has 0 amide bonds. The fourth-order valence-corrected chi connectivity index (χ4v) is 8.66. The first kappa shape index (κ1) is 51.1. The molecule has 16 heteroatoms. The van der Waals surface area contributed by atoms with Crippen LogP contribution in [-0.2, 0) is 9.31 Å². The molecule has 10 aromatic rings. The molecule has 1 aliphatic heterocycles. The van der Waals surface area contributed by atoms with Crippen LogP contribution in [-0.4, -0.2) is 38.3 Å². The molecular formula is C57H54BBrN10O4. The number of oxazole rings is 2. The molecule has 0 spiro atoms. The van der Waals surface area contributed by atoms with Gasteiger partial charge in [0, 0.05) is 39.7 Å². The third kappa shape index (κ3) is 11.0. The van der Waals surface area contributed by atoms with Crippen LogP contribution < -0.4 is 27.6 Å². The number of rotatable bonds is 8. The van der Waals surface area contributed by atoms with Gasteiger partial charge in [-0.25, -0.2) is 0 Å². The van der Waals surface area contributed by atoms with Gasteiger partial charge in [-0.05, 0) is 118 Å². The summed E-state index contributed by atoms with van der Waals surface area (Å²) in [4.78, 5) is 17.1. The second-order valence-corrected chi connectivity index (χ2v) is 19.3. The Kier molecular flexibility index (Phi) is 14.8. The average Bonchev–Trinajstić information content (AvgIpc) is 4.02. The van der Waals surface area contributed by atoms with Crippen LogP contribution in [0.3, 0.4) is 0 Å². The Balaban J connectivity index is 0.000000159. The van der Waals surface area contributed by atoms with Gasteiger partial charge in [-0.3, -0.25) is 9.97 Å². The zero-order chi connectivity index (χ0) is 50.7. The molecule has 366 valence electrons. The third-order valence-corrected chi connectivity index (χ3v) is 13.4. The summed E-state index contributed by atoms with van der Waals surface area (Å²) in [5.41, 5.74) is 22.4. The van der Waals surface area contributed by atoms with Crippen molar-refractivity contribution in [3.8, 4) is 23.3 Å². The zero-order valence-corrected chi connectivity index (χ0v) is 42.0. The summed E-state index contributed by atoms with van der Waals surface area (Å²) in [6, 6.07) is 48.6. The highest BCUT2D eigenvalue weighted by molar-refractivity contribution is 9.10. The maximum absolute atomic E-state index is 9.71. The summed E-state index contributed by atoms with van der Waals surface area (Å²) in [6.07, 6.45) is 3.24. The molecule has 11 rings (SSSR count). The van der Waals surface area contributed by atoms with E-state index in [-0.39, 0.29) is 31.5 Å². The van der Waals surface area contributed by atoms with Gasteiger partial charge in [-0.2, -0.15) is 20.5 Å². The van der Waals surface area contributed by atoms with E-state index in [1.165, 1.54) is 0 Å². The van der Waals surface area contributed by atoms with Crippen molar-refractivity contribution in [1.82, 2.24) is 19.9 Å². The van der Waals surface area contributed by atoms with E-state index in [9.17, 15) is 10.5 Å². The fraction of sp³-hybridized carbons (Fsp3) is 0.193. The number of nitrogens with zero attached hydrogens (tertiary/aromatic N) is 6. The number of aromatic nitrogens is 4.